The van der Waals surface area contributed by atoms with Gasteiger partial charge in [0.25, 0.3) is 22.7 Å². The molecule has 0 saturated carbocycles. The van der Waals surface area contributed by atoms with E-state index in [1.165, 1.54) is 24.3 Å². The highest BCUT2D eigenvalue weighted by Gasteiger charge is 2.24. The first-order valence-corrected chi connectivity index (χ1v) is 9.77. The fourth-order valence-electron chi connectivity index (χ4n) is 3.28. The molecule has 182 valence electrons. The standard InChI is InChI=1S/C22H14N4O10/c27-21-5-1-3-17(23(29)30)15(21)9-7-13-11-14(20(26(35)36)12-19(13)25(33)34)8-10-16-18(24(31)32)4-2-6-22(16)28/h1-12,27-28H/b9-7-,10-8-. The average Bonchev–Trinajstić information content (AvgIpc) is 2.81. The predicted molar refractivity (Wildman–Crippen MR) is 127 cm³/mol. The van der Waals surface area contributed by atoms with Gasteiger partial charge in [-0.2, -0.15) is 0 Å². The van der Waals surface area contributed by atoms with Gasteiger partial charge in [-0.05, 0) is 42.5 Å². The van der Waals surface area contributed by atoms with Crippen molar-refractivity contribution in [3.8, 4) is 11.5 Å². The summed E-state index contributed by atoms with van der Waals surface area (Å²) >= 11 is 0. The number of phenolic OH excluding ortho intramolecular Hbond substituents is 2. The number of aromatic hydroxyl groups is 2. The van der Waals surface area contributed by atoms with Crippen LogP contribution in [0, 0.1) is 40.5 Å². The molecule has 0 amide bonds. The first-order chi connectivity index (χ1) is 17.0. The minimum Gasteiger partial charge on any atom is -0.507 e. The Balaban J connectivity index is 2.20. The van der Waals surface area contributed by atoms with Gasteiger partial charge in [-0.3, -0.25) is 40.5 Å². The summed E-state index contributed by atoms with van der Waals surface area (Å²) < 4.78 is 0. The van der Waals surface area contributed by atoms with Gasteiger partial charge in [0.05, 0.1) is 48.0 Å². The summed E-state index contributed by atoms with van der Waals surface area (Å²) in [6.45, 7) is 0. The van der Waals surface area contributed by atoms with Gasteiger partial charge in [-0.15, -0.1) is 0 Å². The van der Waals surface area contributed by atoms with Crippen molar-refractivity contribution in [1.29, 1.82) is 0 Å². The van der Waals surface area contributed by atoms with Gasteiger partial charge in [0.1, 0.15) is 11.5 Å². The third kappa shape index (κ3) is 5.12. The van der Waals surface area contributed by atoms with E-state index in [4.69, 9.17) is 0 Å². The number of hydrogen-bond acceptors (Lipinski definition) is 10. The van der Waals surface area contributed by atoms with Crippen LogP contribution in [-0.4, -0.2) is 29.9 Å². The van der Waals surface area contributed by atoms with Crippen LogP contribution in [-0.2, 0) is 0 Å². The minimum atomic E-state index is -0.896. The number of hydrogen-bond donors (Lipinski definition) is 2. The molecule has 0 fully saturated rings. The maximum Gasteiger partial charge on any atom is 0.283 e. The summed E-state index contributed by atoms with van der Waals surface area (Å²) in [6.07, 6.45) is 4.21. The lowest BCUT2D eigenvalue weighted by Gasteiger charge is -2.04. The van der Waals surface area contributed by atoms with Crippen molar-refractivity contribution in [2.45, 2.75) is 0 Å². The molecule has 3 aromatic rings. The molecule has 0 aliphatic carbocycles. The molecule has 0 bridgehead atoms. The number of phenols is 2. The van der Waals surface area contributed by atoms with Gasteiger partial charge >= 0.3 is 0 Å². The van der Waals surface area contributed by atoms with Gasteiger partial charge in [-0.1, -0.05) is 12.1 Å². The second kappa shape index (κ2) is 10.1. The zero-order valence-corrected chi connectivity index (χ0v) is 17.9. The van der Waals surface area contributed by atoms with Crippen LogP contribution in [0.3, 0.4) is 0 Å². The molecule has 0 aromatic heterocycles. The Morgan fingerprint density at radius 2 is 0.889 bits per heavy atom. The van der Waals surface area contributed by atoms with Gasteiger partial charge in [0.2, 0.25) is 0 Å². The first-order valence-electron chi connectivity index (χ1n) is 9.77. The molecule has 0 unspecified atom stereocenters. The highest BCUT2D eigenvalue weighted by molar-refractivity contribution is 5.85. The van der Waals surface area contributed by atoms with E-state index in [0.29, 0.717) is 6.07 Å². The van der Waals surface area contributed by atoms with Crippen LogP contribution in [0.2, 0.25) is 0 Å². The molecule has 0 atom stereocenters. The van der Waals surface area contributed by atoms with E-state index in [9.17, 15) is 50.7 Å². The van der Waals surface area contributed by atoms with Crippen molar-refractivity contribution in [1.82, 2.24) is 0 Å². The molecule has 14 heteroatoms. The Morgan fingerprint density at radius 1 is 0.528 bits per heavy atom. The minimum absolute atomic E-state index is 0.213. The number of benzene rings is 3. The average molecular weight is 494 g/mol. The molecular weight excluding hydrogens is 480 g/mol. The lowest BCUT2D eigenvalue weighted by atomic mass is 10.0. The van der Waals surface area contributed by atoms with Crippen LogP contribution in [0.15, 0.2) is 48.5 Å². The molecule has 0 heterocycles. The number of rotatable bonds is 8. The van der Waals surface area contributed by atoms with Crippen LogP contribution in [0.4, 0.5) is 22.7 Å². The molecule has 0 aliphatic heterocycles. The first kappa shape index (κ1) is 25.0. The Morgan fingerprint density at radius 3 is 1.22 bits per heavy atom. The molecule has 0 spiro atoms. The van der Waals surface area contributed by atoms with Gasteiger partial charge in [-0.25, -0.2) is 0 Å². The summed E-state index contributed by atoms with van der Waals surface area (Å²) in [5.41, 5.74) is -3.31. The van der Waals surface area contributed by atoms with Crippen molar-refractivity contribution in [3.63, 3.8) is 0 Å². The Labute approximate surface area is 200 Å². The van der Waals surface area contributed by atoms with E-state index >= 15 is 0 Å². The van der Waals surface area contributed by atoms with E-state index < -0.39 is 53.9 Å². The molecule has 14 nitrogen and oxygen atoms in total. The maximum absolute atomic E-state index is 11.6. The molecule has 0 saturated heterocycles. The molecule has 36 heavy (non-hydrogen) atoms. The summed E-state index contributed by atoms with van der Waals surface area (Å²) in [5, 5.41) is 65.7. The Bertz CT molecular complexity index is 1370. The third-order valence-electron chi connectivity index (χ3n) is 4.94. The monoisotopic (exact) mass is 494 g/mol. The quantitative estimate of drug-likeness (QED) is 0.241. The van der Waals surface area contributed by atoms with E-state index in [-0.39, 0.29) is 22.3 Å². The highest BCUT2D eigenvalue weighted by atomic mass is 16.6. The van der Waals surface area contributed by atoms with Crippen molar-refractivity contribution < 1.29 is 29.9 Å². The number of nitro groups is 4. The van der Waals surface area contributed by atoms with Crippen LogP contribution in [0.1, 0.15) is 22.3 Å². The van der Waals surface area contributed by atoms with Gasteiger partial charge in [0, 0.05) is 12.1 Å². The SMILES string of the molecule is O=[N+]([O-])c1cc([N+](=O)[O-])c(/C=C\c2c(O)cccc2[N+](=O)[O-])cc1/C=C\c1c(O)cccc1[N+](=O)[O-]. The fourth-order valence-corrected chi connectivity index (χ4v) is 3.28. The van der Waals surface area contributed by atoms with Gasteiger partial charge in [0.15, 0.2) is 0 Å². The number of nitro benzene ring substituents is 4. The van der Waals surface area contributed by atoms with Crippen molar-refractivity contribution in [2.75, 3.05) is 0 Å². The molecule has 0 aliphatic rings. The molecular formula is C22H14N4O10. The summed E-state index contributed by atoms with van der Waals surface area (Å²) in [4.78, 5) is 42.3. The van der Waals surface area contributed by atoms with E-state index in [1.54, 1.807) is 0 Å². The molecule has 3 aromatic carbocycles. The fraction of sp³-hybridized carbons (Fsp3) is 0. The smallest absolute Gasteiger partial charge is 0.283 e. The lowest BCUT2D eigenvalue weighted by molar-refractivity contribution is -0.394. The number of nitrogens with zero attached hydrogens (tertiary/aromatic N) is 4. The summed E-state index contributed by atoms with van der Waals surface area (Å²) in [5.74, 6) is -0.950. The second-order valence-corrected chi connectivity index (χ2v) is 7.08. The zero-order valence-electron chi connectivity index (χ0n) is 17.9. The lowest BCUT2D eigenvalue weighted by Crippen LogP contribution is -1.98. The van der Waals surface area contributed by atoms with Crippen molar-refractivity contribution in [3.05, 3.63) is 111 Å². The maximum atomic E-state index is 11.6. The van der Waals surface area contributed by atoms with E-state index in [1.807, 2.05) is 0 Å². The third-order valence-corrected chi connectivity index (χ3v) is 4.94. The zero-order chi connectivity index (χ0) is 26.6. The van der Waals surface area contributed by atoms with Gasteiger partial charge < -0.3 is 10.2 Å². The van der Waals surface area contributed by atoms with Crippen LogP contribution in [0.25, 0.3) is 24.3 Å². The normalized spacial score (nSPS) is 11.1. The van der Waals surface area contributed by atoms with Crippen LogP contribution >= 0.6 is 0 Å². The highest BCUT2D eigenvalue weighted by Crippen LogP contribution is 2.35. The summed E-state index contributed by atoms with van der Waals surface area (Å²) in [6, 6.07) is 8.72. The second-order valence-electron chi connectivity index (χ2n) is 7.08. The summed E-state index contributed by atoms with van der Waals surface area (Å²) in [7, 11) is 0. The van der Waals surface area contributed by atoms with Crippen LogP contribution in [0.5, 0.6) is 11.5 Å². The van der Waals surface area contributed by atoms with E-state index in [2.05, 4.69) is 0 Å². The molecule has 3 rings (SSSR count). The predicted octanol–water partition coefficient (Wildman–Crippen LogP) is 5.07. The van der Waals surface area contributed by atoms with Crippen molar-refractivity contribution >= 4 is 47.1 Å². The Kier molecular flexibility index (Phi) is 7.00. The molecule has 0 radical (unpaired) electrons. The van der Waals surface area contributed by atoms with E-state index in [0.717, 1.165) is 42.5 Å². The Hall–Kier alpha value is -5.66. The van der Waals surface area contributed by atoms with Crippen LogP contribution < -0.4 is 0 Å². The molecule has 2 N–H and O–H groups in total. The van der Waals surface area contributed by atoms with Crippen molar-refractivity contribution in [2.24, 2.45) is 0 Å². The topological polar surface area (TPSA) is 213 Å². The largest absolute Gasteiger partial charge is 0.507 e.